The number of carbonyl (C=O) groups excluding carboxylic acids is 3. The Bertz CT molecular complexity index is 2480. The lowest BCUT2D eigenvalue weighted by Gasteiger charge is -2.35. The van der Waals surface area contributed by atoms with Gasteiger partial charge in [0, 0.05) is 25.2 Å². The van der Waals surface area contributed by atoms with Gasteiger partial charge in [-0.2, -0.15) is 0 Å². The van der Waals surface area contributed by atoms with E-state index in [1.54, 1.807) is 0 Å². The second kappa shape index (κ2) is 14.6. The molecule has 2 aliphatic heterocycles. The van der Waals surface area contributed by atoms with Crippen LogP contribution >= 0.6 is 0 Å². The molecule has 4 amide bonds. The van der Waals surface area contributed by atoms with Gasteiger partial charge >= 0.3 is 12.2 Å². The number of piperidine rings is 2. The highest BCUT2D eigenvalue weighted by molar-refractivity contribution is 5.88. The molecule has 308 valence electrons. The number of alkyl carbamates (subject to hydrolysis) is 1. The van der Waals surface area contributed by atoms with E-state index in [2.05, 4.69) is 15.3 Å². The van der Waals surface area contributed by atoms with E-state index in [1.165, 1.54) is 14.2 Å². The van der Waals surface area contributed by atoms with Crippen molar-refractivity contribution in [3.63, 3.8) is 0 Å². The summed E-state index contributed by atoms with van der Waals surface area (Å²) in [6, 6.07) is 17.9. The Morgan fingerprint density at radius 2 is 1.34 bits per heavy atom. The molecule has 4 heterocycles. The highest BCUT2D eigenvalue weighted by atomic mass is 16.5. The van der Waals surface area contributed by atoms with Gasteiger partial charge in [0.25, 0.3) is 0 Å². The van der Waals surface area contributed by atoms with Gasteiger partial charge in [-0.15, -0.1) is 0 Å². The van der Waals surface area contributed by atoms with Gasteiger partial charge in [0.05, 0.1) is 41.3 Å². The average Bonchev–Trinajstić information content (AvgIpc) is 3.87. The zero-order valence-electron chi connectivity index (χ0n) is 34.0. The standard InChI is InChI=1S/C44H50N8O7/c1-21(2)37(49-43(55)58-6)41(53)51-33-16-25(33)18-35(51)39-45-29-12-10-24(15-31(29)47-39)23-8-7-9-27(14-23)59-28-11-13-30-32(20-28)48-40(46-30)36-19-26-17-34(26)52(36)42(54)38(22(3)4)50(5)44(56)57/h7-15,20-22,25-26,33-38H,16-19H2,1-6H3,(H,45,47)(H,46,48)(H,49,55)(H,56,57)/t25-,26-,33-,34-,35+,36+,37+,38+/m1/s1. The molecule has 15 heteroatoms. The van der Waals surface area contributed by atoms with Crippen molar-refractivity contribution in [3.05, 3.63) is 72.3 Å². The summed E-state index contributed by atoms with van der Waals surface area (Å²) in [4.78, 5) is 73.5. The maximum atomic E-state index is 13.9. The zero-order chi connectivity index (χ0) is 41.4. The number of aromatic nitrogens is 4. The van der Waals surface area contributed by atoms with Crippen LogP contribution in [0.25, 0.3) is 33.2 Å². The Labute approximate surface area is 341 Å². The lowest BCUT2D eigenvalue weighted by atomic mass is 10.0. The molecule has 4 aliphatic rings. The first-order chi connectivity index (χ1) is 28.3. The number of hydrogen-bond acceptors (Lipinski definition) is 8. The summed E-state index contributed by atoms with van der Waals surface area (Å²) >= 11 is 0. The molecule has 3 aromatic carbocycles. The third-order valence-corrected chi connectivity index (χ3v) is 12.7. The Balaban J connectivity index is 0.916. The number of hydrogen-bond donors (Lipinski definition) is 4. The van der Waals surface area contributed by atoms with Crippen LogP contribution in [0.4, 0.5) is 9.59 Å². The topological polar surface area (TPSA) is 186 Å². The van der Waals surface area contributed by atoms with Crippen molar-refractivity contribution in [2.75, 3.05) is 14.2 Å². The minimum Gasteiger partial charge on any atom is -0.465 e. The molecule has 0 spiro atoms. The van der Waals surface area contributed by atoms with Gasteiger partial charge < -0.3 is 39.7 Å². The molecule has 2 aliphatic carbocycles. The smallest absolute Gasteiger partial charge is 0.407 e. The zero-order valence-corrected chi connectivity index (χ0v) is 34.0. The summed E-state index contributed by atoms with van der Waals surface area (Å²) in [6.07, 6.45) is 1.75. The normalized spacial score (nSPS) is 23.9. The van der Waals surface area contributed by atoms with Gasteiger partial charge in [-0.05, 0) is 96.9 Å². The first-order valence-corrected chi connectivity index (χ1v) is 20.5. The summed E-state index contributed by atoms with van der Waals surface area (Å²) in [5.74, 6) is 2.92. The van der Waals surface area contributed by atoms with Crippen molar-refractivity contribution in [1.82, 2.24) is 40.0 Å². The van der Waals surface area contributed by atoms with Gasteiger partial charge in [-0.3, -0.25) is 14.5 Å². The number of H-pyrrole nitrogens is 2. The number of carbonyl (C=O) groups is 4. The molecule has 15 nitrogen and oxygen atoms in total. The lowest BCUT2D eigenvalue weighted by Crippen LogP contribution is -2.52. The molecule has 4 fully saturated rings. The predicted octanol–water partition coefficient (Wildman–Crippen LogP) is 7.24. The van der Waals surface area contributed by atoms with E-state index in [-0.39, 0.29) is 47.8 Å². The van der Waals surface area contributed by atoms with E-state index in [0.29, 0.717) is 34.7 Å². The van der Waals surface area contributed by atoms with Crippen LogP contribution in [0.15, 0.2) is 60.7 Å². The second-order valence-electron chi connectivity index (χ2n) is 17.3. The van der Waals surface area contributed by atoms with Crippen LogP contribution < -0.4 is 10.1 Å². The fourth-order valence-corrected chi connectivity index (χ4v) is 9.53. The Hall–Kier alpha value is -6.12. The molecule has 9 rings (SSSR count). The van der Waals surface area contributed by atoms with Gasteiger partial charge in [-0.25, -0.2) is 19.6 Å². The average molecular weight is 803 g/mol. The van der Waals surface area contributed by atoms with Crippen molar-refractivity contribution in [1.29, 1.82) is 0 Å². The molecular weight excluding hydrogens is 753 g/mol. The maximum Gasteiger partial charge on any atom is 0.407 e. The number of ether oxygens (including phenoxy) is 2. The third-order valence-electron chi connectivity index (χ3n) is 12.7. The fraction of sp³-hybridized carbons (Fsp3) is 0.455. The summed E-state index contributed by atoms with van der Waals surface area (Å²) in [6.45, 7) is 7.58. The Morgan fingerprint density at radius 3 is 1.93 bits per heavy atom. The molecule has 5 aromatic rings. The van der Waals surface area contributed by atoms with E-state index < -0.39 is 24.3 Å². The van der Waals surface area contributed by atoms with Gasteiger partial charge in [0.1, 0.15) is 35.2 Å². The summed E-state index contributed by atoms with van der Waals surface area (Å²) < 4.78 is 11.2. The van der Waals surface area contributed by atoms with Gasteiger partial charge in [0.2, 0.25) is 11.8 Å². The minimum absolute atomic E-state index is 0.103. The first kappa shape index (κ1) is 38.4. The van der Waals surface area contributed by atoms with E-state index in [4.69, 9.17) is 19.4 Å². The quantitative estimate of drug-likeness (QED) is 0.107. The SMILES string of the molecule is COC(=O)N[C@H](C(=O)N1[C@@H]2C[C@@H]2C[C@H]1c1nc2cc(-c3cccc(Oc4ccc5[nH]c([C@@H]6C[C@H]7C[C@H]7N6C(=O)[C@H](C(C)C)N(C)C(=O)O)nc5c4)c3)ccc2[nH]1)C(C)C. The van der Waals surface area contributed by atoms with E-state index in [0.717, 1.165) is 64.1 Å². The molecule has 8 atom stereocenters. The second-order valence-corrected chi connectivity index (χ2v) is 17.3. The lowest BCUT2D eigenvalue weighted by molar-refractivity contribution is -0.140. The van der Waals surface area contributed by atoms with E-state index in [9.17, 15) is 24.3 Å². The fourth-order valence-electron chi connectivity index (χ4n) is 9.53. The minimum atomic E-state index is -1.12. The van der Waals surface area contributed by atoms with Gasteiger partial charge in [-0.1, -0.05) is 45.9 Å². The molecule has 0 bridgehead atoms. The van der Waals surface area contributed by atoms with Crippen molar-refractivity contribution < 1.29 is 33.8 Å². The van der Waals surface area contributed by atoms with Crippen molar-refractivity contribution in [2.45, 2.75) is 89.6 Å². The summed E-state index contributed by atoms with van der Waals surface area (Å²) in [7, 11) is 2.76. The molecule has 2 saturated carbocycles. The number of imidazole rings is 2. The number of benzene rings is 3. The highest BCUT2D eigenvalue weighted by Gasteiger charge is 2.57. The Kier molecular flexibility index (Phi) is 9.51. The molecular formula is C44H50N8O7. The molecule has 0 unspecified atom stereocenters. The van der Waals surface area contributed by atoms with E-state index in [1.807, 2.05) is 98.2 Å². The Morgan fingerprint density at radius 1 is 0.763 bits per heavy atom. The molecule has 4 N–H and O–H groups in total. The maximum absolute atomic E-state index is 13.9. The number of aromatic amines is 2. The van der Waals surface area contributed by atoms with Crippen LogP contribution in [-0.4, -0.2) is 102 Å². The summed E-state index contributed by atoms with van der Waals surface area (Å²) in [5.41, 5.74) is 5.10. The number of amides is 4. The van der Waals surface area contributed by atoms with Gasteiger partial charge in [0.15, 0.2) is 0 Å². The van der Waals surface area contributed by atoms with E-state index >= 15 is 0 Å². The molecule has 59 heavy (non-hydrogen) atoms. The monoisotopic (exact) mass is 802 g/mol. The number of nitrogens with one attached hydrogen (secondary N) is 3. The number of nitrogens with zero attached hydrogens (tertiary/aromatic N) is 5. The van der Waals surface area contributed by atoms with Crippen LogP contribution in [0.3, 0.4) is 0 Å². The first-order valence-electron chi connectivity index (χ1n) is 20.5. The van der Waals surface area contributed by atoms with Crippen LogP contribution in [0, 0.1) is 23.7 Å². The largest absolute Gasteiger partial charge is 0.465 e. The molecule has 2 aromatic heterocycles. The predicted molar refractivity (Wildman–Crippen MR) is 218 cm³/mol. The van der Waals surface area contributed by atoms with Crippen LogP contribution in [0.5, 0.6) is 11.5 Å². The summed E-state index contributed by atoms with van der Waals surface area (Å²) in [5, 5.41) is 12.4. The number of fused-ring (bicyclic) bond motifs is 4. The number of rotatable bonds is 11. The number of methoxy groups -OCH3 is 1. The highest BCUT2D eigenvalue weighted by Crippen LogP contribution is 2.55. The number of likely N-dealkylation sites (N-methyl/N-ethyl adjacent to an activating group) is 1. The number of likely N-dealkylation sites (tertiary alicyclic amines) is 2. The van der Waals surface area contributed by atoms with Crippen LogP contribution in [0.2, 0.25) is 0 Å². The van der Waals surface area contributed by atoms with Crippen molar-refractivity contribution in [3.8, 4) is 22.6 Å². The van der Waals surface area contributed by atoms with Crippen molar-refractivity contribution >= 4 is 46.1 Å². The van der Waals surface area contributed by atoms with Crippen molar-refractivity contribution in [2.24, 2.45) is 23.7 Å². The molecule has 2 saturated heterocycles. The van der Waals surface area contributed by atoms with Crippen LogP contribution in [0.1, 0.15) is 77.1 Å². The van der Waals surface area contributed by atoms with Crippen LogP contribution in [-0.2, 0) is 14.3 Å². The molecule has 0 radical (unpaired) electrons. The third kappa shape index (κ3) is 6.99. The number of carboxylic acid groups (broad SMARTS) is 1.